The molecule has 0 fully saturated rings. The van der Waals surface area contributed by atoms with Gasteiger partial charge in [-0.25, -0.2) is 5.43 Å². The van der Waals surface area contributed by atoms with Gasteiger partial charge in [0.25, 0.3) is 5.91 Å². The highest BCUT2D eigenvalue weighted by Crippen LogP contribution is 1.96. The SMILES string of the molecule is CCC/C(C)=N/NC(=O)c1ccncc1. The monoisotopic (exact) mass is 205 g/mol. The Morgan fingerprint density at radius 1 is 1.47 bits per heavy atom. The molecule has 0 aliphatic heterocycles. The molecular formula is C11H15N3O. The fourth-order valence-electron chi connectivity index (χ4n) is 1.13. The minimum absolute atomic E-state index is 0.201. The summed E-state index contributed by atoms with van der Waals surface area (Å²) in [6.07, 6.45) is 5.09. The number of carbonyl (C=O) groups excluding carboxylic acids is 1. The van der Waals surface area contributed by atoms with E-state index in [1.165, 1.54) is 0 Å². The lowest BCUT2D eigenvalue weighted by Crippen LogP contribution is -2.18. The van der Waals surface area contributed by atoms with E-state index in [4.69, 9.17) is 0 Å². The smallest absolute Gasteiger partial charge is 0.267 e. The van der Waals surface area contributed by atoms with E-state index in [1.54, 1.807) is 24.5 Å². The highest BCUT2D eigenvalue weighted by atomic mass is 16.2. The highest BCUT2D eigenvalue weighted by Gasteiger charge is 2.02. The van der Waals surface area contributed by atoms with Crippen LogP contribution >= 0.6 is 0 Å². The number of pyridine rings is 1. The average molecular weight is 205 g/mol. The molecule has 1 heterocycles. The van der Waals surface area contributed by atoms with E-state index in [0.717, 1.165) is 18.6 Å². The largest absolute Gasteiger partial charge is 0.271 e. The minimum atomic E-state index is -0.201. The molecule has 0 radical (unpaired) electrons. The third kappa shape index (κ3) is 3.89. The van der Waals surface area contributed by atoms with Crippen molar-refractivity contribution in [3.8, 4) is 0 Å². The van der Waals surface area contributed by atoms with Crippen LogP contribution in [0.4, 0.5) is 0 Å². The summed E-state index contributed by atoms with van der Waals surface area (Å²) in [5, 5.41) is 3.99. The van der Waals surface area contributed by atoms with Crippen LogP contribution in [0.25, 0.3) is 0 Å². The van der Waals surface area contributed by atoms with Gasteiger partial charge in [0.2, 0.25) is 0 Å². The Morgan fingerprint density at radius 3 is 2.73 bits per heavy atom. The van der Waals surface area contributed by atoms with Crippen molar-refractivity contribution < 1.29 is 4.79 Å². The van der Waals surface area contributed by atoms with Crippen molar-refractivity contribution in [3.05, 3.63) is 30.1 Å². The van der Waals surface area contributed by atoms with Gasteiger partial charge in [0.1, 0.15) is 0 Å². The molecule has 1 N–H and O–H groups in total. The van der Waals surface area contributed by atoms with E-state index < -0.39 is 0 Å². The van der Waals surface area contributed by atoms with Crippen LogP contribution in [0.5, 0.6) is 0 Å². The molecule has 0 aliphatic rings. The summed E-state index contributed by atoms with van der Waals surface area (Å²) in [5.41, 5.74) is 4.00. The number of rotatable bonds is 4. The number of hydrogen-bond donors (Lipinski definition) is 1. The van der Waals surface area contributed by atoms with E-state index in [1.807, 2.05) is 6.92 Å². The first-order valence-electron chi connectivity index (χ1n) is 4.97. The molecule has 0 atom stereocenters. The normalized spacial score (nSPS) is 11.2. The molecular weight excluding hydrogens is 190 g/mol. The number of amides is 1. The van der Waals surface area contributed by atoms with Crippen molar-refractivity contribution in [1.82, 2.24) is 10.4 Å². The van der Waals surface area contributed by atoms with Crippen molar-refractivity contribution >= 4 is 11.6 Å². The quantitative estimate of drug-likeness (QED) is 0.603. The summed E-state index contributed by atoms with van der Waals surface area (Å²) >= 11 is 0. The van der Waals surface area contributed by atoms with Crippen LogP contribution in [-0.4, -0.2) is 16.6 Å². The number of aromatic nitrogens is 1. The zero-order chi connectivity index (χ0) is 11.1. The molecule has 1 rings (SSSR count). The van der Waals surface area contributed by atoms with Crippen molar-refractivity contribution in [3.63, 3.8) is 0 Å². The fraction of sp³-hybridized carbons (Fsp3) is 0.364. The summed E-state index contributed by atoms with van der Waals surface area (Å²) in [5.74, 6) is -0.201. The Bertz CT molecular complexity index is 346. The maximum atomic E-state index is 11.5. The second kappa shape index (κ2) is 5.90. The molecule has 0 aromatic carbocycles. The van der Waals surface area contributed by atoms with Gasteiger partial charge in [-0.3, -0.25) is 9.78 Å². The second-order valence-electron chi connectivity index (χ2n) is 3.27. The zero-order valence-electron chi connectivity index (χ0n) is 9.03. The Balaban J connectivity index is 2.54. The van der Waals surface area contributed by atoms with Gasteiger partial charge in [-0.1, -0.05) is 13.3 Å². The lowest BCUT2D eigenvalue weighted by molar-refractivity contribution is 0.0954. The minimum Gasteiger partial charge on any atom is -0.267 e. The van der Waals surface area contributed by atoms with Gasteiger partial charge in [0.15, 0.2) is 0 Å². The summed E-state index contributed by atoms with van der Waals surface area (Å²) < 4.78 is 0. The predicted molar refractivity (Wildman–Crippen MR) is 59.7 cm³/mol. The maximum absolute atomic E-state index is 11.5. The Kier molecular flexibility index (Phi) is 4.47. The highest BCUT2D eigenvalue weighted by molar-refractivity contribution is 5.95. The van der Waals surface area contributed by atoms with Crippen molar-refractivity contribution in [2.45, 2.75) is 26.7 Å². The predicted octanol–water partition coefficient (Wildman–Crippen LogP) is 1.99. The molecule has 1 aromatic rings. The summed E-state index contributed by atoms with van der Waals surface area (Å²) in [6, 6.07) is 3.31. The van der Waals surface area contributed by atoms with Gasteiger partial charge in [-0.2, -0.15) is 5.10 Å². The Morgan fingerprint density at radius 2 is 2.13 bits per heavy atom. The maximum Gasteiger partial charge on any atom is 0.271 e. The lowest BCUT2D eigenvalue weighted by atomic mass is 10.2. The first-order valence-corrected chi connectivity index (χ1v) is 4.97. The van der Waals surface area contributed by atoms with Crippen LogP contribution in [0.1, 0.15) is 37.0 Å². The molecule has 4 nitrogen and oxygen atoms in total. The zero-order valence-corrected chi connectivity index (χ0v) is 9.03. The molecule has 0 saturated carbocycles. The molecule has 0 aliphatic carbocycles. The average Bonchev–Trinajstić information content (AvgIpc) is 2.27. The van der Waals surface area contributed by atoms with Gasteiger partial charge >= 0.3 is 0 Å². The lowest BCUT2D eigenvalue weighted by Gasteiger charge is -2.00. The summed E-state index contributed by atoms with van der Waals surface area (Å²) in [6.45, 7) is 3.97. The number of nitrogens with one attached hydrogen (secondary N) is 1. The number of hydrazone groups is 1. The molecule has 4 heteroatoms. The van der Waals surface area contributed by atoms with E-state index in [9.17, 15) is 4.79 Å². The van der Waals surface area contributed by atoms with Crippen LogP contribution in [0, 0.1) is 0 Å². The number of hydrogen-bond acceptors (Lipinski definition) is 3. The van der Waals surface area contributed by atoms with Gasteiger partial charge in [-0.05, 0) is 25.5 Å². The molecule has 0 bridgehead atoms. The van der Waals surface area contributed by atoms with Gasteiger partial charge < -0.3 is 0 Å². The molecule has 0 saturated heterocycles. The van der Waals surface area contributed by atoms with E-state index in [-0.39, 0.29) is 5.91 Å². The van der Waals surface area contributed by atoms with Crippen molar-refractivity contribution in [1.29, 1.82) is 0 Å². The third-order valence-corrected chi connectivity index (χ3v) is 1.90. The van der Waals surface area contributed by atoms with E-state index in [2.05, 4.69) is 22.4 Å². The standard InChI is InChI=1S/C11H15N3O/c1-3-4-9(2)13-14-11(15)10-5-7-12-8-6-10/h5-8H,3-4H2,1-2H3,(H,14,15)/b13-9+. The molecule has 1 amide bonds. The molecule has 0 unspecified atom stereocenters. The second-order valence-corrected chi connectivity index (χ2v) is 3.27. The first kappa shape index (κ1) is 11.4. The molecule has 0 spiro atoms. The van der Waals surface area contributed by atoms with E-state index >= 15 is 0 Å². The third-order valence-electron chi connectivity index (χ3n) is 1.90. The van der Waals surface area contributed by atoms with Gasteiger partial charge in [0, 0.05) is 23.7 Å². The fourth-order valence-corrected chi connectivity index (χ4v) is 1.13. The molecule has 1 aromatic heterocycles. The summed E-state index contributed by atoms with van der Waals surface area (Å²) in [4.78, 5) is 15.3. The number of carbonyl (C=O) groups is 1. The number of nitrogens with zero attached hydrogens (tertiary/aromatic N) is 2. The summed E-state index contributed by atoms with van der Waals surface area (Å²) in [7, 11) is 0. The molecule has 15 heavy (non-hydrogen) atoms. The van der Waals surface area contributed by atoms with Crippen LogP contribution in [0.2, 0.25) is 0 Å². The van der Waals surface area contributed by atoms with Gasteiger partial charge in [-0.15, -0.1) is 0 Å². The molecule has 80 valence electrons. The van der Waals surface area contributed by atoms with Crippen LogP contribution in [0.3, 0.4) is 0 Å². The Hall–Kier alpha value is -1.71. The van der Waals surface area contributed by atoms with Gasteiger partial charge in [0.05, 0.1) is 0 Å². The van der Waals surface area contributed by atoms with Crippen LogP contribution in [0.15, 0.2) is 29.6 Å². The Labute approximate surface area is 89.4 Å². The van der Waals surface area contributed by atoms with Crippen LogP contribution < -0.4 is 5.43 Å². The topological polar surface area (TPSA) is 54.4 Å². The van der Waals surface area contributed by atoms with Crippen LogP contribution in [-0.2, 0) is 0 Å². The van der Waals surface area contributed by atoms with Crippen molar-refractivity contribution in [2.75, 3.05) is 0 Å². The van der Waals surface area contributed by atoms with E-state index in [0.29, 0.717) is 5.56 Å². The first-order chi connectivity index (χ1) is 7.24. The van der Waals surface area contributed by atoms with Crippen molar-refractivity contribution in [2.24, 2.45) is 5.10 Å².